The topological polar surface area (TPSA) is 54.3 Å². The summed E-state index contributed by atoms with van der Waals surface area (Å²) in [6.45, 7) is 7.56. The predicted octanol–water partition coefficient (Wildman–Crippen LogP) is 1.61. The van der Waals surface area contributed by atoms with E-state index < -0.39 is 0 Å². The first kappa shape index (κ1) is 16.2. The first-order chi connectivity index (χ1) is 10.6. The fourth-order valence-electron chi connectivity index (χ4n) is 2.56. The van der Waals surface area contributed by atoms with E-state index in [0.29, 0.717) is 22.9 Å². The van der Waals surface area contributed by atoms with E-state index in [9.17, 15) is 9.59 Å². The third-order valence-corrected chi connectivity index (χ3v) is 3.94. The maximum atomic E-state index is 12.4. The molecule has 1 aromatic carbocycles. The molecule has 1 N–H and O–H groups in total. The zero-order chi connectivity index (χ0) is 16.1. The molecule has 0 aliphatic carbocycles. The zero-order valence-corrected chi connectivity index (χ0v) is 13.4. The molecule has 0 aliphatic heterocycles. The quantitative estimate of drug-likeness (QED) is 0.882. The minimum absolute atomic E-state index is 0.0877. The number of rotatable bonds is 6. The molecule has 118 valence electrons. The fraction of sp³-hybridized carbons (Fsp3) is 0.412. The first-order valence-corrected chi connectivity index (χ1v) is 7.67. The van der Waals surface area contributed by atoms with Crippen LogP contribution in [0.5, 0.6) is 0 Å². The third kappa shape index (κ3) is 3.36. The Bertz CT molecular complexity index is 717. The van der Waals surface area contributed by atoms with Crippen LogP contribution in [0.3, 0.4) is 0 Å². The molecule has 1 heterocycles. The molecule has 0 atom stereocenters. The molecule has 0 fully saturated rings. The number of carbonyl (C=O) groups excluding carboxylic acids is 1. The highest BCUT2D eigenvalue weighted by Crippen LogP contribution is 2.14. The predicted molar refractivity (Wildman–Crippen MR) is 89.3 cm³/mol. The number of nitrogens with one attached hydrogen (secondary N) is 1. The van der Waals surface area contributed by atoms with E-state index in [1.807, 2.05) is 18.2 Å². The van der Waals surface area contributed by atoms with Gasteiger partial charge in [-0.2, -0.15) is 0 Å². The number of amides is 1. The van der Waals surface area contributed by atoms with Crippen molar-refractivity contribution < 1.29 is 4.79 Å². The summed E-state index contributed by atoms with van der Waals surface area (Å²) in [6.07, 6.45) is 1.61. The van der Waals surface area contributed by atoms with E-state index in [4.69, 9.17) is 0 Å². The van der Waals surface area contributed by atoms with Gasteiger partial charge in [-0.25, -0.2) is 0 Å². The molecule has 0 saturated carbocycles. The van der Waals surface area contributed by atoms with Gasteiger partial charge in [0.05, 0.1) is 5.56 Å². The van der Waals surface area contributed by atoms with Crippen molar-refractivity contribution in [1.29, 1.82) is 0 Å². The summed E-state index contributed by atoms with van der Waals surface area (Å²) in [4.78, 5) is 26.8. The Balaban J connectivity index is 2.22. The molecule has 5 nitrogen and oxygen atoms in total. The molecular weight excluding hydrogens is 278 g/mol. The smallest absolute Gasteiger partial charge is 0.258 e. The van der Waals surface area contributed by atoms with Crippen molar-refractivity contribution in [1.82, 2.24) is 14.8 Å². The second kappa shape index (κ2) is 7.22. The van der Waals surface area contributed by atoms with Crippen LogP contribution >= 0.6 is 0 Å². The van der Waals surface area contributed by atoms with Crippen LogP contribution < -0.4 is 10.9 Å². The van der Waals surface area contributed by atoms with Crippen LogP contribution in [0.1, 0.15) is 24.2 Å². The zero-order valence-electron chi connectivity index (χ0n) is 13.4. The molecule has 0 radical (unpaired) electrons. The molecule has 0 unspecified atom stereocenters. The van der Waals surface area contributed by atoms with Gasteiger partial charge < -0.3 is 14.8 Å². The molecule has 0 aliphatic rings. The largest absolute Gasteiger partial charge is 0.351 e. The highest BCUT2D eigenvalue weighted by Gasteiger charge is 2.13. The normalized spacial score (nSPS) is 11.1. The van der Waals surface area contributed by atoms with Crippen LogP contribution in [0.25, 0.3) is 10.8 Å². The van der Waals surface area contributed by atoms with Crippen LogP contribution in [-0.4, -0.2) is 41.6 Å². The van der Waals surface area contributed by atoms with Gasteiger partial charge in [0.15, 0.2) is 0 Å². The van der Waals surface area contributed by atoms with Crippen molar-refractivity contribution in [2.45, 2.75) is 13.8 Å². The summed E-state index contributed by atoms with van der Waals surface area (Å²) < 4.78 is 1.46. The highest BCUT2D eigenvalue weighted by atomic mass is 16.2. The van der Waals surface area contributed by atoms with Gasteiger partial charge in [0, 0.05) is 37.1 Å². The number of carbonyl (C=O) groups is 1. The lowest BCUT2D eigenvalue weighted by molar-refractivity contribution is 0.0950. The van der Waals surface area contributed by atoms with E-state index in [0.717, 1.165) is 19.6 Å². The van der Waals surface area contributed by atoms with Gasteiger partial charge in [-0.3, -0.25) is 9.59 Å². The summed E-state index contributed by atoms with van der Waals surface area (Å²) in [7, 11) is 1.67. The van der Waals surface area contributed by atoms with Crippen LogP contribution in [0.2, 0.25) is 0 Å². The van der Waals surface area contributed by atoms with Crippen molar-refractivity contribution in [2.75, 3.05) is 26.2 Å². The van der Waals surface area contributed by atoms with Crippen molar-refractivity contribution in [2.24, 2.45) is 7.05 Å². The monoisotopic (exact) mass is 301 g/mol. The number of benzene rings is 1. The van der Waals surface area contributed by atoms with Gasteiger partial charge >= 0.3 is 0 Å². The molecule has 2 rings (SSSR count). The molecule has 1 amide bonds. The van der Waals surface area contributed by atoms with Crippen molar-refractivity contribution in [3.8, 4) is 0 Å². The van der Waals surface area contributed by atoms with Crippen molar-refractivity contribution >= 4 is 16.7 Å². The molecule has 0 saturated heterocycles. The van der Waals surface area contributed by atoms with E-state index >= 15 is 0 Å². The lowest BCUT2D eigenvalue weighted by Gasteiger charge is -2.18. The van der Waals surface area contributed by atoms with Gasteiger partial charge in [0.1, 0.15) is 0 Å². The Morgan fingerprint density at radius 1 is 1.18 bits per heavy atom. The summed E-state index contributed by atoms with van der Waals surface area (Å²) in [6, 6.07) is 7.22. The lowest BCUT2D eigenvalue weighted by atomic mass is 10.1. The number of pyridine rings is 1. The van der Waals surface area contributed by atoms with E-state index in [-0.39, 0.29) is 11.5 Å². The van der Waals surface area contributed by atoms with Crippen LogP contribution in [0, 0.1) is 0 Å². The van der Waals surface area contributed by atoms with Crippen molar-refractivity contribution in [3.63, 3.8) is 0 Å². The van der Waals surface area contributed by atoms with E-state index in [1.54, 1.807) is 19.3 Å². The summed E-state index contributed by atoms with van der Waals surface area (Å²) in [5.41, 5.74) is 0.451. The molecule has 2 aromatic rings. The van der Waals surface area contributed by atoms with E-state index in [2.05, 4.69) is 24.1 Å². The maximum Gasteiger partial charge on any atom is 0.258 e. The Morgan fingerprint density at radius 2 is 1.82 bits per heavy atom. The van der Waals surface area contributed by atoms with Crippen LogP contribution in [0.15, 0.2) is 35.3 Å². The second-order valence-electron chi connectivity index (χ2n) is 5.29. The molecule has 22 heavy (non-hydrogen) atoms. The number of hydrogen-bond donors (Lipinski definition) is 1. The Morgan fingerprint density at radius 3 is 2.45 bits per heavy atom. The number of aromatic nitrogens is 1. The Labute approximate surface area is 130 Å². The summed E-state index contributed by atoms with van der Waals surface area (Å²) in [5.74, 6) is -0.140. The number of hydrogen-bond acceptors (Lipinski definition) is 3. The highest BCUT2D eigenvalue weighted by molar-refractivity contribution is 6.06. The maximum absolute atomic E-state index is 12.4. The molecule has 0 bridgehead atoms. The minimum Gasteiger partial charge on any atom is -0.351 e. The molecule has 1 aromatic heterocycles. The Kier molecular flexibility index (Phi) is 5.33. The standard InChI is InChI=1S/C17H23N3O2/c1-4-20(5-2)11-10-18-16(21)15-12-19(3)17(22)14-9-7-6-8-13(14)15/h6-9,12H,4-5,10-11H2,1-3H3,(H,18,21). The lowest BCUT2D eigenvalue weighted by Crippen LogP contribution is -2.35. The van der Waals surface area contributed by atoms with Crippen molar-refractivity contribution in [3.05, 3.63) is 46.4 Å². The third-order valence-electron chi connectivity index (χ3n) is 3.94. The Hall–Kier alpha value is -2.14. The average Bonchev–Trinajstić information content (AvgIpc) is 2.55. The minimum atomic E-state index is -0.140. The van der Waals surface area contributed by atoms with Gasteiger partial charge in [0.25, 0.3) is 11.5 Å². The van der Waals surface area contributed by atoms with Gasteiger partial charge in [-0.1, -0.05) is 32.0 Å². The average molecular weight is 301 g/mol. The second-order valence-corrected chi connectivity index (χ2v) is 5.29. The number of fused-ring (bicyclic) bond motifs is 1. The van der Waals surface area contributed by atoms with Crippen LogP contribution in [0.4, 0.5) is 0 Å². The van der Waals surface area contributed by atoms with Gasteiger partial charge in [-0.15, -0.1) is 0 Å². The number of likely N-dealkylation sites (N-methyl/N-ethyl adjacent to an activating group) is 1. The molecule has 0 spiro atoms. The van der Waals surface area contributed by atoms with Gasteiger partial charge in [-0.05, 0) is 19.2 Å². The number of nitrogens with zero attached hydrogens (tertiary/aromatic N) is 2. The molecule has 5 heteroatoms. The summed E-state index contributed by atoms with van der Waals surface area (Å²) >= 11 is 0. The molecular formula is C17H23N3O2. The number of aryl methyl sites for hydroxylation is 1. The SMILES string of the molecule is CCN(CC)CCNC(=O)c1cn(C)c(=O)c2ccccc12. The fourth-order valence-corrected chi connectivity index (χ4v) is 2.56. The van der Waals surface area contributed by atoms with Gasteiger partial charge in [0.2, 0.25) is 0 Å². The van der Waals surface area contributed by atoms with E-state index in [1.165, 1.54) is 4.57 Å². The summed E-state index contributed by atoms with van der Waals surface area (Å²) in [5, 5.41) is 4.21. The van der Waals surface area contributed by atoms with Crippen LogP contribution in [-0.2, 0) is 7.05 Å². The first-order valence-electron chi connectivity index (χ1n) is 7.67.